The van der Waals surface area contributed by atoms with Gasteiger partial charge in [0.2, 0.25) is 12.4 Å². The first kappa shape index (κ1) is 13.9. The number of aliphatic hydroxyl groups excluding tert-OH is 1. The van der Waals surface area contributed by atoms with Gasteiger partial charge in [-0.15, -0.1) is 15.3 Å². The van der Waals surface area contributed by atoms with Crippen molar-refractivity contribution in [3.8, 4) is 11.6 Å². The summed E-state index contributed by atoms with van der Waals surface area (Å²) < 4.78 is 1.48. The average Bonchev–Trinajstić information content (AvgIpc) is 3.12. The lowest BCUT2D eigenvalue weighted by molar-refractivity contribution is -0.491. The third-order valence-corrected chi connectivity index (χ3v) is 3.01. The van der Waals surface area contributed by atoms with Gasteiger partial charge in [0, 0.05) is 12.0 Å². The normalized spacial score (nSPS) is 12.5. The van der Waals surface area contributed by atoms with Gasteiger partial charge < -0.3 is 15.4 Å². The number of nitro groups is 1. The summed E-state index contributed by atoms with van der Waals surface area (Å²) in [5.41, 5.74) is 0.756. The first-order valence-corrected chi connectivity index (χ1v) is 6.34. The largest absolute Gasteiger partial charge is 0.380 e. The summed E-state index contributed by atoms with van der Waals surface area (Å²) in [4.78, 5) is 16.7. The fourth-order valence-electron chi connectivity index (χ4n) is 1.93. The summed E-state index contributed by atoms with van der Waals surface area (Å²) in [5.74, 6) is 1.27. The maximum absolute atomic E-state index is 10.4. The summed E-state index contributed by atoms with van der Waals surface area (Å²) >= 11 is 0. The number of imidazole rings is 1. The molecule has 3 rings (SSSR count). The molecule has 0 aliphatic carbocycles. The van der Waals surface area contributed by atoms with Gasteiger partial charge in [0.05, 0.1) is 11.9 Å². The van der Waals surface area contributed by atoms with Crippen molar-refractivity contribution >= 4 is 11.5 Å². The van der Waals surface area contributed by atoms with Crippen LogP contribution in [-0.2, 0) is 0 Å². The molecule has 0 aliphatic rings. The number of hydrogen-bond donors (Lipinski definition) is 3. The van der Waals surface area contributed by atoms with Crippen molar-refractivity contribution in [3.05, 3.63) is 34.1 Å². The highest BCUT2D eigenvalue weighted by molar-refractivity contribution is 5.53. The molecule has 114 valence electrons. The molecule has 0 radical (unpaired) electrons. The van der Waals surface area contributed by atoms with Crippen LogP contribution in [-0.4, -0.2) is 53.4 Å². The molecular formula is C11H12N8O3. The average molecular weight is 304 g/mol. The molecule has 0 fully saturated rings. The molecule has 0 spiro atoms. The predicted octanol–water partition coefficient (Wildman–Crippen LogP) is -0.134. The molecule has 0 aromatic carbocycles. The smallest absolute Gasteiger partial charge is 0.235 e. The summed E-state index contributed by atoms with van der Waals surface area (Å²) in [6, 6.07) is 3.49. The Balaban J connectivity index is 1.98. The number of anilines is 1. The first-order valence-electron chi connectivity index (χ1n) is 6.34. The molecule has 0 saturated heterocycles. The summed E-state index contributed by atoms with van der Waals surface area (Å²) in [6.07, 6.45) is 0.0585. The van der Waals surface area contributed by atoms with E-state index < -0.39 is 17.6 Å². The minimum atomic E-state index is -1.27. The van der Waals surface area contributed by atoms with Gasteiger partial charge in [0.1, 0.15) is 5.82 Å². The lowest BCUT2D eigenvalue weighted by Gasteiger charge is -2.02. The van der Waals surface area contributed by atoms with E-state index in [9.17, 15) is 15.2 Å². The first-order chi connectivity index (χ1) is 10.6. The lowest BCUT2D eigenvalue weighted by Crippen LogP contribution is -2.12. The molecule has 3 aromatic rings. The van der Waals surface area contributed by atoms with Crippen LogP contribution in [0.1, 0.15) is 11.8 Å². The molecular weight excluding hydrogens is 292 g/mol. The van der Waals surface area contributed by atoms with E-state index in [1.807, 2.05) is 0 Å². The fraction of sp³-hybridized carbons (Fsp3) is 0.273. The van der Waals surface area contributed by atoms with Crippen LogP contribution in [0.2, 0.25) is 0 Å². The molecule has 11 nitrogen and oxygen atoms in total. The summed E-state index contributed by atoms with van der Waals surface area (Å²) in [5, 5.41) is 35.3. The van der Waals surface area contributed by atoms with E-state index in [4.69, 9.17) is 0 Å². The summed E-state index contributed by atoms with van der Waals surface area (Å²) in [6.45, 7) is -0.607. The Morgan fingerprint density at radius 2 is 2.32 bits per heavy atom. The Morgan fingerprint density at radius 1 is 1.50 bits per heavy atom. The zero-order chi connectivity index (χ0) is 15.7. The van der Waals surface area contributed by atoms with Crippen LogP contribution in [0.15, 0.2) is 18.3 Å². The number of hydrogen-bond acceptors (Lipinski definition) is 8. The third kappa shape index (κ3) is 2.44. The highest BCUT2D eigenvalue weighted by atomic mass is 16.6. The van der Waals surface area contributed by atoms with E-state index in [0.717, 1.165) is 0 Å². The maximum Gasteiger partial charge on any atom is 0.235 e. The SMILES string of the molecule is CNc1ccc2nnc(-c3ncc(C(O)C[N+](=O)[O-])[nH]3)n2n1. The second-order valence-electron chi connectivity index (χ2n) is 4.48. The van der Waals surface area contributed by atoms with Gasteiger partial charge >= 0.3 is 0 Å². The minimum Gasteiger partial charge on any atom is -0.380 e. The zero-order valence-corrected chi connectivity index (χ0v) is 11.5. The molecule has 3 N–H and O–H groups in total. The van der Waals surface area contributed by atoms with Crippen LogP contribution in [0.3, 0.4) is 0 Å². The monoisotopic (exact) mass is 304 g/mol. The van der Waals surface area contributed by atoms with Crippen molar-refractivity contribution < 1.29 is 10.0 Å². The maximum atomic E-state index is 10.4. The van der Waals surface area contributed by atoms with Crippen molar-refractivity contribution in [2.24, 2.45) is 0 Å². The second kappa shape index (κ2) is 5.37. The molecule has 1 unspecified atom stereocenters. The van der Waals surface area contributed by atoms with E-state index in [0.29, 0.717) is 23.1 Å². The minimum absolute atomic E-state index is 0.230. The molecule has 0 saturated carbocycles. The van der Waals surface area contributed by atoms with Gasteiger partial charge in [0.25, 0.3) is 0 Å². The van der Waals surface area contributed by atoms with Crippen molar-refractivity contribution in [2.75, 3.05) is 18.9 Å². The molecule has 1 atom stereocenters. The highest BCUT2D eigenvalue weighted by Gasteiger charge is 2.19. The standard InChI is InChI=1S/C11H12N8O3/c1-12-8-2-3-9-15-16-11(19(9)17-8)10-13-4-6(14-10)7(20)5-18(21)22/h2-4,7,20H,5H2,1H3,(H,12,17)(H,13,14). The molecule has 3 aromatic heterocycles. The molecule has 0 bridgehead atoms. The Bertz CT molecular complexity index is 826. The predicted molar refractivity (Wildman–Crippen MR) is 74.7 cm³/mol. The molecule has 0 amide bonds. The Hall–Kier alpha value is -3.08. The number of aromatic amines is 1. The molecule has 3 heterocycles. The number of nitrogens with one attached hydrogen (secondary N) is 2. The Kier molecular flexibility index (Phi) is 3.39. The highest BCUT2D eigenvalue weighted by Crippen LogP contribution is 2.18. The van der Waals surface area contributed by atoms with Crippen LogP contribution < -0.4 is 5.32 Å². The summed E-state index contributed by atoms with van der Waals surface area (Å²) in [7, 11) is 1.73. The van der Waals surface area contributed by atoms with Gasteiger partial charge in [-0.1, -0.05) is 0 Å². The van der Waals surface area contributed by atoms with Crippen LogP contribution >= 0.6 is 0 Å². The number of aromatic nitrogens is 6. The molecule has 11 heteroatoms. The van der Waals surface area contributed by atoms with Crippen LogP contribution in [0.5, 0.6) is 0 Å². The fourth-order valence-corrected chi connectivity index (χ4v) is 1.93. The van der Waals surface area contributed by atoms with Gasteiger partial charge in [-0.25, -0.2) is 4.98 Å². The number of nitrogens with zero attached hydrogens (tertiary/aromatic N) is 6. The zero-order valence-electron chi connectivity index (χ0n) is 11.5. The van der Waals surface area contributed by atoms with Gasteiger partial charge in [-0.3, -0.25) is 10.1 Å². The van der Waals surface area contributed by atoms with Crippen LogP contribution in [0.4, 0.5) is 5.82 Å². The molecule has 0 aliphatic heterocycles. The van der Waals surface area contributed by atoms with Crippen molar-refractivity contribution in [1.82, 2.24) is 29.8 Å². The molecule has 22 heavy (non-hydrogen) atoms. The third-order valence-electron chi connectivity index (χ3n) is 3.01. The van der Waals surface area contributed by atoms with Gasteiger partial charge in [-0.05, 0) is 12.1 Å². The van der Waals surface area contributed by atoms with Crippen molar-refractivity contribution in [3.63, 3.8) is 0 Å². The Morgan fingerprint density at radius 3 is 3.05 bits per heavy atom. The lowest BCUT2D eigenvalue weighted by atomic mass is 10.3. The topological polar surface area (TPSA) is 147 Å². The number of fused-ring (bicyclic) bond motifs is 1. The number of H-pyrrole nitrogens is 1. The van der Waals surface area contributed by atoms with E-state index in [-0.39, 0.29) is 5.69 Å². The van der Waals surface area contributed by atoms with Gasteiger partial charge in [0.15, 0.2) is 17.6 Å². The number of rotatable bonds is 5. The van der Waals surface area contributed by atoms with E-state index in [2.05, 4.69) is 30.6 Å². The quantitative estimate of drug-likeness (QED) is 0.436. The van der Waals surface area contributed by atoms with Crippen molar-refractivity contribution in [1.29, 1.82) is 0 Å². The number of aliphatic hydroxyl groups is 1. The van der Waals surface area contributed by atoms with E-state index in [1.165, 1.54) is 10.7 Å². The van der Waals surface area contributed by atoms with Crippen LogP contribution in [0.25, 0.3) is 17.3 Å². The van der Waals surface area contributed by atoms with E-state index >= 15 is 0 Å². The van der Waals surface area contributed by atoms with E-state index in [1.54, 1.807) is 19.2 Å². The second-order valence-corrected chi connectivity index (χ2v) is 4.48. The van der Waals surface area contributed by atoms with Crippen LogP contribution in [0, 0.1) is 10.1 Å². The van der Waals surface area contributed by atoms with Crippen molar-refractivity contribution in [2.45, 2.75) is 6.10 Å². The Labute approximate surface area is 123 Å². The van der Waals surface area contributed by atoms with Gasteiger partial charge in [-0.2, -0.15) is 4.52 Å².